The Morgan fingerprint density at radius 2 is 1.57 bits per heavy atom. The molecule has 0 aromatic heterocycles. The Kier molecular flexibility index (Phi) is 4.04. The first-order chi connectivity index (χ1) is 10.2. The van der Waals surface area contributed by atoms with E-state index in [2.05, 4.69) is 12.1 Å². The molecule has 1 saturated heterocycles. The number of ether oxygens (including phenoxy) is 1. The lowest BCUT2D eigenvalue weighted by Crippen LogP contribution is -2.43. The molecule has 2 N–H and O–H groups in total. The summed E-state index contributed by atoms with van der Waals surface area (Å²) in [4.78, 5) is 0. The summed E-state index contributed by atoms with van der Waals surface area (Å²) in [7, 11) is 0. The largest absolute Gasteiger partial charge is 0.381 e. The van der Waals surface area contributed by atoms with Crippen LogP contribution in [0.4, 0.5) is 4.39 Å². The van der Waals surface area contributed by atoms with Gasteiger partial charge in [0.1, 0.15) is 5.82 Å². The summed E-state index contributed by atoms with van der Waals surface area (Å²) in [6, 6.07) is 16.6. The third-order valence-electron chi connectivity index (χ3n) is 4.57. The second-order valence-corrected chi connectivity index (χ2v) is 5.63. The van der Waals surface area contributed by atoms with Crippen LogP contribution < -0.4 is 5.73 Å². The van der Waals surface area contributed by atoms with E-state index in [9.17, 15) is 4.39 Å². The summed E-state index contributed by atoms with van der Waals surface area (Å²) in [5, 5.41) is 0. The van der Waals surface area contributed by atoms with E-state index in [1.807, 2.05) is 24.3 Å². The van der Waals surface area contributed by atoms with Crippen molar-refractivity contribution in [1.82, 2.24) is 0 Å². The molecule has 110 valence electrons. The highest BCUT2D eigenvalue weighted by atomic mass is 19.1. The molecular formula is C18H20FNO. The molecule has 0 radical (unpaired) electrons. The number of hydrogen-bond acceptors (Lipinski definition) is 2. The van der Waals surface area contributed by atoms with Gasteiger partial charge in [0.05, 0.1) is 0 Å². The van der Waals surface area contributed by atoms with Crippen LogP contribution in [0.25, 0.3) is 0 Å². The predicted octanol–water partition coefficient (Wildman–Crippen LogP) is 3.57. The first-order valence-electron chi connectivity index (χ1n) is 7.37. The fraction of sp³-hybridized carbons (Fsp3) is 0.333. The van der Waals surface area contributed by atoms with E-state index >= 15 is 0 Å². The predicted molar refractivity (Wildman–Crippen MR) is 81.5 cm³/mol. The number of hydrogen-bond donors (Lipinski definition) is 1. The maximum Gasteiger partial charge on any atom is 0.128 e. The lowest BCUT2D eigenvalue weighted by molar-refractivity contribution is 0.0393. The molecule has 0 saturated carbocycles. The summed E-state index contributed by atoms with van der Waals surface area (Å²) in [5.74, 6) is -0.230. The molecule has 1 atom stereocenters. The van der Waals surface area contributed by atoms with Crippen molar-refractivity contribution in [3.63, 3.8) is 0 Å². The Balaban J connectivity index is 2.06. The molecule has 1 heterocycles. The summed E-state index contributed by atoms with van der Waals surface area (Å²) in [6.45, 7) is 1.33. The Morgan fingerprint density at radius 3 is 2.24 bits per heavy atom. The van der Waals surface area contributed by atoms with Crippen molar-refractivity contribution in [2.45, 2.75) is 24.3 Å². The van der Waals surface area contributed by atoms with Crippen molar-refractivity contribution in [1.29, 1.82) is 0 Å². The van der Waals surface area contributed by atoms with Crippen LogP contribution in [0, 0.1) is 5.82 Å². The fourth-order valence-electron chi connectivity index (χ4n) is 3.31. The van der Waals surface area contributed by atoms with E-state index in [-0.39, 0.29) is 17.3 Å². The lowest BCUT2D eigenvalue weighted by Gasteiger charge is -2.42. The number of benzene rings is 2. The average molecular weight is 285 g/mol. The molecule has 0 spiro atoms. The molecule has 1 fully saturated rings. The molecule has 1 unspecified atom stereocenters. The van der Waals surface area contributed by atoms with E-state index in [4.69, 9.17) is 10.5 Å². The van der Waals surface area contributed by atoms with Crippen molar-refractivity contribution in [3.05, 3.63) is 71.5 Å². The van der Waals surface area contributed by atoms with Gasteiger partial charge in [0, 0.05) is 30.2 Å². The molecule has 0 bridgehead atoms. The van der Waals surface area contributed by atoms with Gasteiger partial charge in [-0.25, -0.2) is 4.39 Å². The first kappa shape index (κ1) is 14.2. The molecule has 0 aliphatic carbocycles. The van der Waals surface area contributed by atoms with Gasteiger partial charge in [0.15, 0.2) is 0 Å². The topological polar surface area (TPSA) is 35.2 Å². The van der Waals surface area contributed by atoms with Gasteiger partial charge >= 0.3 is 0 Å². The minimum atomic E-state index is -0.370. The number of rotatable bonds is 3. The summed E-state index contributed by atoms with van der Waals surface area (Å²) < 4.78 is 19.7. The van der Waals surface area contributed by atoms with E-state index in [1.54, 1.807) is 12.1 Å². The number of halogens is 1. The molecule has 3 heteroatoms. The Morgan fingerprint density at radius 1 is 0.952 bits per heavy atom. The summed E-state index contributed by atoms with van der Waals surface area (Å²) >= 11 is 0. The minimum absolute atomic E-state index is 0.230. The highest BCUT2D eigenvalue weighted by Gasteiger charge is 2.41. The molecular weight excluding hydrogens is 265 g/mol. The second kappa shape index (κ2) is 5.96. The van der Waals surface area contributed by atoms with Gasteiger partial charge in [0.2, 0.25) is 0 Å². The van der Waals surface area contributed by atoms with E-state index < -0.39 is 0 Å². The molecule has 3 rings (SSSR count). The van der Waals surface area contributed by atoms with E-state index in [0.717, 1.165) is 12.8 Å². The van der Waals surface area contributed by atoms with Crippen LogP contribution >= 0.6 is 0 Å². The molecule has 2 aromatic rings. The van der Waals surface area contributed by atoms with Gasteiger partial charge in [-0.1, -0.05) is 48.5 Å². The van der Waals surface area contributed by atoms with Crippen LogP contribution in [-0.4, -0.2) is 13.2 Å². The Labute approximate surface area is 124 Å². The SMILES string of the molecule is NC(c1ccccc1F)C1(c2ccccc2)CCOCC1. The molecule has 1 aliphatic heterocycles. The normalized spacial score (nSPS) is 19.1. The maximum absolute atomic E-state index is 14.2. The highest BCUT2D eigenvalue weighted by molar-refractivity contribution is 5.34. The van der Waals surface area contributed by atoms with Crippen LogP contribution in [0.2, 0.25) is 0 Å². The zero-order chi connectivity index (χ0) is 14.7. The van der Waals surface area contributed by atoms with Crippen LogP contribution in [-0.2, 0) is 10.2 Å². The highest BCUT2D eigenvalue weighted by Crippen LogP contribution is 2.44. The van der Waals surface area contributed by atoms with E-state index in [0.29, 0.717) is 18.8 Å². The van der Waals surface area contributed by atoms with E-state index in [1.165, 1.54) is 11.6 Å². The zero-order valence-corrected chi connectivity index (χ0v) is 12.0. The molecule has 0 amide bonds. The zero-order valence-electron chi connectivity index (χ0n) is 12.0. The van der Waals surface area contributed by atoms with Crippen LogP contribution in [0.5, 0.6) is 0 Å². The molecule has 2 aromatic carbocycles. The van der Waals surface area contributed by atoms with Gasteiger partial charge in [-0.2, -0.15) is 0 Å². The van der Waals surface area contributed by atoms with Crippen molar-refractivity contribution in [2.24, 2.45) is 5.73 Å². The van der Waals surface area contributed by atoms with Gasteiger partial charge in [0.25, 0.3) is 0 Å². The minimum Gasteiger partial charge on any atom is -0.381 e. The molecule has 2 nitrogen and oxygen atoms in total. The second-order valence-electron chi connectivity index (χ2n) is 5.63. The van der Waals surface area contributed by atoms with Crippen LogP contribution in [0.15, 0.2) is 54.6 Å². The van der Waals surface area contributed by atoms with Crippen LogP contribution in [0.3, 0.4) is 0 Å². The molecule has 1 aliphatic rings. The van der Waals surface area contributed by atoms with Gasteiger partial charge in [-0.05, 0) is 24.5 Å². The van der Waals surface area contributed by atoms with Gasteiger partial charge in [-0.3, -0.25) is 0 Å². The van der Waals surface area contributed by atoms with Crippen molar-refractivity contribution in [2.75, 3.05) is 13.2 Å². The van der Waals surface area contributed by atoms with Crippen molar-refractivity contribution in [3.8, 4) is 0 Å². The lowest BCUT2D eigenvalue weighted by atomic mass is 9.67. The molecule has 21 heavy (non-hydrogen) atoms. The maximum atomic E-state index is 14.2. The summed E-state index contributed by atoms with van der Waals surface area (Å²) in [6.07, 6.45) is 1.62. The smallest absolute Gasteiger partial charge is 0.128 e. The summed E-state index contributed by atoms with van der Waals surface area (Å²) in [5.41, 5.74) is 8.04. The third kappa shape index (κ3) is 2.59. The Bertz CT molecular complexity index is 593. The number of nitrogens with two attached hydrogens (primary N) is 1. The standard InChI is InChI=1S/C18H20FNO/c19-16-9-5-4-8-15(16)17(20)18(10-12-21-13-11-18)14-6-2-1-3-7-14/h1-9,17H,10-13,20H2. The average Bonchev–Trinajstić information content (AvgIpc) is 2.56. The van der Waals surface area contributed by atoms with Crippen molar-refractivity contribution < 1.29 is 9.13 Å². The van der Waals surface area contributed by atoms with Gasteiger partial charge < -0.3 is 10.5 Å². The quantitative estimate of drug-likeness (QED) is 0.935. The fourth-order valence-corrected chi connectivity index (χ4v) is 3.31. The monoisotopic (exact) mass is 285 g/mol. The van der Waals surface area contributed by atoms with Crippen LogP contribution in [0.1, 0.15) is 30.0 Å². The third-order valence-corrected chi connectivity index (χ3v) is 4.57. The first-order valence-corrected chi connectivity index (χ1v) is 7.37. The van der Waals surface area contributed by atoms with Gasteiger partial charge in [-0.15, -0.1) is 0 Å². The Hall–Kier alpha value is -1.71. The van der Waals surface area contributed by atoms with Crippen molar-refractivity contribution >= 4 is 0 Å².